The molecule has 0 rings (SSSR count). The summed E-state index contributed by atoms with van der Waals surface area (Å²) in [6.45, 7) is 2.44. The molecule has 3 unspecified atom stereocenters. The third kappa shape index (κ3) is 49.1. The Labute approximate surface area is 413 Å². The molecular weight excluding hydrogens is 878 g/mol. The maximum absolute atomic E-state index is 12.3. The van der Waals surface area contributed by atoms with Gasteiger partial charge in [-0.25, -0.2) is 9.36 Å². The number of ether oxygens (including phenoxy) is 1. The number of aliphatic hydroxyl groups is 1. The Morgan fingerprint density at radius 3 is 1.19 bits per heavy atom. The van der Waals surface area contributed by atoms with Crippen LogP contribution in [-0.4, -0.2) is 64.9 Å². The number of unbranched alkanes of at least 4 members (excludes halogenated alkanes) is 22. The number of aliphatic carboxylic acids is 1. The highest BCUT2D eigenvalue weighted by atomic mass is 31.2. The first-order chi connectivity index (χ1) is 33.1. The van der Waals surface area contributed by atoms with Crippen LogP contribution in [0.2, 0.25) is 0 Å². The molecule has 0 saturated heterocycles. The number of hydrogen-bond acceptors (Lipinski definition) is 8. The van der Waals surface area contributed by atoms with Crippen LogP contribution in [0.4, 0.5) is 0 Å². The number of esters is 1. The molecule has 3 atom stereocenters. The molecule has 11 nitrogen and oxygen atoms in total. The first kappa shape index (κ1) is 64.7. The number of carbonyl (C=O) groups excluding carboxylic acids is 2. The summed E-state index contributed by atoms with van der Waals surface area (Å²) in [5, 5.41) is 21.8. The van der Waals surface area contributed by atoms with Gasteiger partial charge in [0, 0.05) is 12.8 Å². The molecule has 0 bridgehead atoms. The molecule has 390 valence electrons. The van der Waals surface area contributed by atoms with E-state index in [4.69, 9.17) is 13.8 Å². The number of carboxylic acid groups (broad SMARTS) is 1. The zero-order valence-electron chi connectivity index (χ0n) is 42.6. The fraction of sp³-hybridized carbons (Fsp3) is 0.696. The lowest BCUT2D eigenvalue weighted by Gasteiger charge is -2.18. The normalized spacial score (nSPS) is 14.2. The van der Waals surface area contributed by atoms with Crippen LogP contribution in [0.15, 0.2) is 85.1 Å². The van der Waals surface area contributed by atoms with Crippen LogP contribution in [0.1, 0.15) is 219 Å². The average Bonchev–Trinajstić information content (AvgIpc) is 3.32. The van der Waals surface area contributed by atoms with E-state index in [0.29, 0.717) is 12.8 Å². The van der Waals surface area contributed by atoms with E-state index in [0.717, 1.165) is 57.8 Å². The predicted octanol–water partition coefficient (Wildman–Crippen LogP) is 15.0. The molecule has 0 saturated carbocycles. The molecule has 0 fully saturated rings. The first-order valence-corrected chi connectivity index (χ1v) is 28.1. The molecule has 0 aromatic carbocycles. The summed E-state index contributed by atoms with van der Waals surface area (Å²) in [6, 6.07) is -1.61. The summed E-state index contributed by atoms with van der Waals surface area (Å²) in [6.07, 6.45) is 63.6. The fourth-order valence-electron chi connectivity index (χ4n) is 7.16. The third-order valence-electron chi connectivity index (χ3n) is 11.2. The molecule has 0 heterocycles. The predicted molar refractivity (Wildman–Crippen MR) is 281 cm³/mol. The van der Waals surface area contributed by atoms with Crippen LogP contribution in [0.25, 0.3) is 0 Å². The van der Waals surface area contributed by atoms with Crippen molar-refractivity contribution in [2.24, 2.45) is 0 Å². The van der Waals surface area contributed by atoms with Crippen molar-refractivity contribution in [3.8, 4) is 0 Å². The summed E-state index contributed by atoms with van der Waals surface area (Å²) in [5.41, 5.74) is 0. The van der Waals surface area contributed by atoms with E-state index >= 15 is 0 Å². The van der Waals surface area contributed by atoms with Crippen LogP contribution in [0.3, 0.4) is 0 Å². The molecule has 0 aliphatic carbocycles. The lowest BCUT2D eigenvalue weighted by molar-refractivity contribution is -0.147. The molecule has 0 aromatic heterocycles. The van der Waals surface area contributed by atoms with E-state index in [1.807, 2.05) is 12.2 Å². The van der Waals surface area contributed by atoms with Gasteiger partial charge in [0.05, 0.1) is 13.2 Å². The van der Waals surface area contributed by atoms with E-state index in [2.05, 4.69) is 79.9 Å². The van der Waals surface area contributed by atoms with Crippen molar-refractivity contribution in [1.29, 1.82) is 0 Å². The molecule has 68 heavy (non-hydrogen) atoms. The Morgan fingerprint density at radius 1 is 0.485 bits per heavy atom. The van der Waals surface area contributed by atoms with Gasteiger partial charge in [0.2, 0.25) is 5.91 Å². The number of allylic oxidation sites excluding steroid dienone is 13. The van der Waals surface area contributed by atoms with Crippen LogP contribution in [-0.2, 0) is 32.7 Å². The second-order valence-electron chi connectivity index (χ2n) is 17.7. The fourth-order valence-corrected chi connectivity index (χ4v) is 7.93. The van der Waals surface area contributed by atoms with Gasteiger partial charge in [-0.1, -0.05) is 240 Å². The summed E-state index contributed by atoms with van der Waals surface area (Å²) in [5.74, 6) is -2.55. The molecule has 0 radical (unpaired) electrons. The zero-order chi connectivity index (χ0) is 49.9. The van der Waals surface area contributed by atoms with Gasteiger partial charge in [-0.05, 0) is 51.4 Å². The number of hydrogen-bond donors (Lipinski definition) is 4. The second kappa shape index (κ2) is 50.1. The Bertz CT molecular complexity index is 1470. The maximum Gasteiger partial charge on any atom is 0.472 e. The number of aliphatic hydroxyl groups excluding tert-OH is 1. The number of carboxylic acids is 1. The number of carbonyl (C=O) groups is 3. The van der Waals surface area contributed by atoms with Crippen LogP contribution >= 0.6 is 7.82 Å². The number of amides is 1. The maximum atomic E-state index is 12.3. The van der Waals surface area contributed by atoms with Crippen molar-refractivity contribution in [1.82, 2.24) is 5.32 Å². The lowest BCUT2D eigenvalue weighted by Crippen LogP contribution is -2.43. The van der Waals surface area contributed by atoms with Crippen molar-refractivity contribution in [3.05, 3.63) is 85.1 Å². The summed E-state index contributed by atoms with van der Waals surface area (Å²) in [7, 11) is -4.79. The highest BCUT2D eigenvalue weighted by molar-refractivity contribution is 7.47. The van der Waals surface area contributed by atoms with Crippen molar-refractivity contribution < 1.29 is 47.8 Å². The SMILES string of the molecule is CC/C=C\C/C=C\C/C=C\C/C=C\C/C=C\C/C=C\C/C=C\CC(=O)NC(COP(=O)(O)OCC(O)COC(=O)CCCCCCCCCCCCCCCCCCCCCCCCC)C(=O)O. The number of phosphoric ester groups is 1. The van der Waals surface area contributed by atoms with E-state index in [-0.39, 0.29) is 12.8 Å². The number of phosphoric acid groups is 1. The average molecular weight is 974 g/mol. The zero-order valence-corrected chi connectivity index (χ0v) is 43.5. The summed E-state index contributed by atoms with van der Waals surface area (Å²) in [4.78, 5) is 46.1. The standard InChI is InChI=1S/C56H96NO10P/c1-3-5-7-9-11-13-15-17-19-21-23-25-26-28-30-32-34-36-38-40-42-44-46-48-55(60)65-49-52(58)50-66-68(63,64)67-51-53(56(61)62)57-54(59)47-45-43-41-39-37-35-33-31-29-27-24-22-20-18-16-14-12-10-8-6-4-2/h6,8,12,14,18,20,24,27,31,33,37,39,43,45,52-53,58H,3-5,7,9-11,13,15-17,19,21-23,25-26,28-30,32,34-36,38,40-42,44,46-51H2,1-2H3,(H,57,59)(H,61,62)(H,63,64)/b8-6-,14-12-,20-18-,27-24-,33-31-,39-37-,45-43-. The first-order valence-electron chi connectivity index (χ1n) is 26.6. The smallest absolute Gasteiger partial charge is 0.472 e. The van der Waals surface area contributed by atoms with Crippen molar-refractivity contribution in [2.75, 3.05) is 19.8 Å². The summed E-state index contributed by atoms with van der Waals surface area (Å²) < 4.78 is 26.9. The van der Waals surface area contributed by atoms with Gasteiger partial charge in [0.1, 0.15) is 12.7 Å². The molecule has 4 N–H and O–H groups in total. The monoisotopic (exact) mass is 974 g/mol. The molecule has 12 heteroatoms. The third-order valence-corrected chi connectivity index (χ3v) is 12.2. The molecular formula is C56H96NO10P. The number of rotatable bonds is 49. The second-order valence-corrected chi connectivity index (χ2v) is 19.2. The molecule has 0 aliphatic rings. The minimum atomic E-state index is -4.79. The Kier molecular flexibility index (Phi) is 47.6. The largest absolute Gasteiger partial charge is 0.480 e. The van der Waals surface area contributed by atoms with Gasteiger partial charge in [-0.3, -0.25) is 18.6 Å². The van der Waals surface area contributed by atoms with Crippen molar-refractivity contribution in [2.45, 2.75) is 231 Å². The summed E-state index contributed by atoms with van der Waals surface area (Å²) >= 11 is 0. The Balaban J connectivity index is 3.90. The molecule has 1 amide bonds. The van der Waals surface area contributed by atoms with Crippen molar-refractivity contribution >= 4 is 25.7 Å². The van der Waals surface area contributed by atoms with Gasteiger partial charge in [0.25, 0.3) is 0 Å². The van der Waals surface area contributed by atoms with Crippen LogP contribution in [0, 0.1) is 0 Å². The Hall–Kier alpha value is -3.34. The van der Waals surface area contributed by atoms with E-state index < -0.39 is 57.6 Å². The molecule has 0 spiro atoms. The Morgan fingerprint density at radius 2 is 0.824 bits per heavy atom. The van der Waals surface area contributed by atoms with Gasteiger partial charge >= 0.3 is 19.8 Å². The van der Waals surface area contributed by atoms with E-state index in [1.54, 1.807) is 12.2 Å². The highest BCUT2D eigenvalue weighted by Crippen LogP contribution is 2.43. The van der Waals surface area contributed by atoms with Gasteiger partial charge in [-0.2, -0.15) is 0 Å². The van der Waals surface area contributed by atoms with Gasteiger partial charge < -0.3 is 25.2 Å². The van der Waals surface area contributed by atoms with E-state index in [9.17, 15) is 34.1 Å². The highest BCUT2D eigenvalue weighted by Gasteiger charge is 2.28. The topological polar surface area (TPSA) is 169 Å². The molecule has 0 aromatic rings. The van der Waals surface area contributed by atoms with Crippen LogP contribution < -0.4 is 5.32 Å². The van der Waals surface area contributed by atoms with E-state index in [1.165, 1.54) is 122 Å². The number of nitrogens with one attached hydrogen (secondary N) is 1. The van der Waals surface area contributed by atoms with Crippen LogP contribution in [0.5, 0.6) is 0 Å². The minimum absolute atomic E-state index is 0.0930. The molecule has 0 aliphatic heterocycles. The lowest BCUT2D eigenvalue weighted by atomic mass is 10.0. The minimum Gasteiger partial charge on any atom is -0.480 e. The quantitative estimate of drug-likeness (QED) is 0.0199. The van der Waals surface area contributed by atoms with Gasteiger partial charge in [-0.15, -0.1) is 0 Å². The van der Waals surface area contributed by atoms with Gasteiger partial charge in [0.15, 0.2) is 6.04 Å². The van der Waals surface area contributed by atoms with Crippen molar-refractivity contribution in [3.63, 3.8) is 0 Å².